The molecular weight excluding hydrogens is 212 g/mol. The van der Waals surface area contributed by atoms with E-state index in [-0.39, 0.29) is 0 Å². The summed E-state index contributed by atoms with van der Waals surface area (Å²) in [6, 6.07) is 0. The van der Waals surface area contributed by atoms with Crippen molar-refractivity contribution < 1.29 is 5.11 Å². The molecule has 2 unspecified atom stereocenters. The predicted molar refractivity (Wildman–Crippen MR) is 73.2 cm³/mol. The lowest BCUT2D eigenvalue weighted by Crippen LogP contribution is -2.54. The van der Waals surface area contributed by atoms with E-state index in [9.17, 15) is 0 Å². The van der Waals surface area contributed by atoms with Gasteiger partial charge in [-0.1, -0.05) is 19.8 Å². The van der Waals surface area contributed by atoms with Crippen molar-refractivity contribution in [2.24, 2.45) is 5.92 Å². The quantitative estimate of drug-likeness (QED) is 0.669. The van der Waals surface area contributed by atoms with Crippen molar-refractivity contribution in [1.82, 2.24) is 10.2 Å². The summed E-state index contributed by atoms with van der Waals surface area (Å²) in [7, 11) is 4.43. The lowest BCUT2D eigenvalue weighted by Gasteiger charge is -2.45. The van der Waals surface area contributed by atoms with Crippen LogP contribution in [0.1, 0.15) is 45.4 Å². The number of unbranched alkanes of at least 4 members (excludes halogenated alkanes) is 1. The molecule has 0 radical (unpaired) electrons. The Morgan fingerprint density at radius 3 is 2.71 bits per heavy atom. The van der Waals surface area contributed by atoms with Crippen molar-refractivity contribution in [3.63, 3.8) is 0 Å². The highest BCUT2D eigenvalue weighted by Crippen LogP contribution is 2.35. The van der Waals surface area contributed by atoms with Crippen molar-refractivity contribution in [1.29, 1.82) is 0 Å². The maximum absolute atomic E-state index is 8.75. The summed E-state index contributed by atoms with van der Waals surface area (Å²) in [5, 5.41) is 12.3. The first-order valence-electron chi connectivity index (χ1n) is 7.10. The molecule has 0 aliphatic heterocycles. The van der Waals surface area contributed by atoms with Crippen LogP contribution in [0.2, 0.25) is 0 Å². The van der Waals surface area contributed by atoms with E-state index in [1.54, 1.807) is 0 Å². The number of aliphatic hydroxyl groups excluding tert-OH is 1. The molecule has 1 aliphatic carbocycles. The minimum atomic E-state index is 0.317. The molecule has 3 heteroatoms. The Labute approximate surface area is 107 Å². The molecule has 0 spiro atoms. The number of nitrogens with zero attached hydrogens (tertiary/aromatic N) is 1. The predicted octanol–water partition coefficient (Wildman–Crippen LogP) is 1.86. The highest BCUT2D eigenvalue weighted by molar-refractivity contribution is 4.94. The third-order valence-electron chi connectivity index (χ3n) is 4.23. The van der Waals surface area contributed by atoms with Gasteiger partial charge < -0.3 is 15.3 Å². The maximum Gasteiger partial charge on any atom is 0.0431 e. The van der Waals surface area contributed by atoms with Crippen molar-refractivity contribution in [2.45, 2.75) is 51.0 Å². The molecular formula is C14H30N2O. The first-order chi connectivity index (χ1) is 8.10. The summed E-state index contributed by atoms with van der Waals surface area (Å²) in [6.45, 7) is 4.82. The molecule has 0 aromatic rings. The fourth-order valence-electron chi connectivity index (χ4n) is 3.04. The summed E-state index contributed by atoms with van der Waals surface area (Å²) >= 11 is 0. The van der Waals surface area contributed by atoms with Gasteiger partial charge in [0.05, 0.1) is 0 Å². The summed E-state index contributed by atoms with van der Waals surface area (Å²) in [5.74, 6) is 0.852. The summed E-state index contributed by atoms with van der Waals surface area (Å²) < 4.78 is 0. The van der Waals surface area contributed by atoms with Gasteiger partial charge in [0.1, 0.15) is 0 Å². The molecule has 0 amide bonds. The van der Waals surface area contributed by atoms with E-state index in [0.29, 0.717) is 12.1 Å². The Bertz CT molecular complexity index is 208. The molecule has 1 rings (SSSR count). The molecule has 0 aromatic carbocycles. The Balaban J connectivity index is 2.37. The molecule has 0 bridgehead atoms. The highest BCUT2D eigenvalue weighted by Gasteiger charge is 2.36. The minimum absolute atomic E-state index is 0.317. The lowest BCUT2D eigenvalue weighted by molar-refractivity contribution is 0.0752. The standard InChI is InChI=1S/C14H30N2O/c1-13-7-6-8-14(11-13,16(2)3)12-15-9-4-5-10-17/h13,15,17H,4-12H2,1-3H3. The van der Waals surface area contributed by atoms with Crippen LogP contribution in [0.25, 0.3) is 0 Å². The Morgan fingerprint density at radius 1 is 1.35 bits per heavy atom. The van der Waals surface area contributed by atoms with E-state index in [2.05, 4.69) is 31.2 Å². The van der Waals surface area contributed by atoms with Crippen LogP contribution < -0.4 is 5.32 Å². The third-order valence-corrected chi connectivity index (χ3v) is 4.23. The molecule has 2 N–H and O–H groups in total. The molecule has 3 nitrogen and oxygen atoms in total. The van der Waals surface area contributed by atoms with Gasteiger partial charge in [0.15, 0.2) is 0 Å². The number of aliphatic hydroxyl groups is 1. The lowest BCUT2D eigenvalue weighted by atomic mass is 9.75. The molecule has 0 saturated heterocycles. The smallest absolute Gasteiger partial charge is 0.0431 e. The van der Waals surface area contributed by atoms with Crippen molar-refractivity contribution in [3.8, 4) is 0 Å². The molecule has 1 saturated carbocycles. The number of likely N-dealkylation sites (N-methyl/N-ethyl adjacent to an activating group) is 1. The molecule has 0 aromatic heterocycles. The molecule has 0 heterocycles. The van der Waals surface area contributed by atoms with Crippen LogP contribution in [0.5, 0.6) is 0 Å². The Hall–Kier alpha value is -0.120. The monoisotopic (exact) mass is 242 g/mol. The summed E-state index contributed by atoms with van der Waals surface area (Å²) in [4.78, 5) is 2.42. The average Bonchev–Trinajstić information content (AvgIpc) is 2.28. The van der Waals surface area contributed by atoms with Crippen LogP contribution in [-0.2, 0) is 0 Å². The SMILES string of the molecule is CC1CCCC(CNCCCCO)(N(C)C)C1. The molecule has 17 heavy (non-hydrogen) atoms. The van der Waals surface area contributed by atoms with Crippen molar-refractivity contribution >= 4 is 0 Å². The fraction of sp³-hybridized carbons (Fsp3) is 1.00. The number of hydrogen-bond donors (Lipinski definition) is 2. The Kier molecular flexibility index (Phi) is 6.45. The van der Waals surface area contributed by atoms with Gasteiger partial charge in [0.25, 0.3) is 0 Å². The zero-order valence-corrected chi connectivity index (χ0v) is 11.8. The molecule has 1 fully saturated rings. The highest BCUT2D eigenvalue weighted by atomic mass is 16.2. The van der Waals surface area contributed by atoms with Crippen LogP contribution in [0.4, 0.5) is 0 Å². The number of hydrogen-bond acceptors (Lipinski definition) is 3. The average molecular weight is 242 g/mol. The van der Waals surface area contributed by atoms with E-state index in [1.165, 1.54) is 25.7 Å². The fourth-order valence-corrected chi connectivity index (χ4v) is 3.04. The van der Waals surface area contributed by atoms with Crippen LogP contribution in [-0.4, -0.2) is 49.3 Å². The molecule has 102 valence electrons. The largest absolute Gasteiger partial charge is 0.396 e. The van der Waals surface area contributed by atoms with Crippen molar-refractivity contribution in [3.05, 3.63) is 0 Å². The van der Waals surface area contributed by atoms with Crippen LogP contribution in [0.3, 0.4) is 0 Å². The number of nitrogens with one attached hydrogen (secondary N) is 1. The zero-order valence-electron chi connectivity index (χ0n) is 11.8. The summed E-state index contributed by atoms with van der Waals surface area (Å²) in [6.07, 6.45) is 7.37. The van der Waals surface area contributed by atoms with Gasteiger partial charge in [-0.05, 0) is 52.2 Å². The minimum Gasteiger partial charge on any atom is -0.396 e. The normalized spacial score (nSPS) is 29.8. The molecule has 2 atom stereocenters. The van der Waals surface area contributed by atoms with E-state index >= 15 is 0 Å². The second kappa shape index (κ2) is 7.34. The molecule has 1 aliphatic rings. The van der Waals surface area contributed by atoms with Gasteiger partial charge in [-0.2, -0.15) is 0 Å². The van der Waals surface area contributed by atoms with E-state index in [1.807, 2.05) is 0 Å². The van der Waals surface area contributed by atoms with E-state index < -0.39 is 0 Å². The zero-order chi connectivity index (χ0) is 12.7. The van der Waals surface area contributed by atoms with Crippen molar-refractivity contribution in [2.75, 3.05) is 33.8 Å². The van der Waals surface area contributed by atoms with E-state index in [4.69, 9.17) is 5.11 Å². The third kappa shape index (κ3) is 4.57. The van der Waals surface area contributed by atoms with Crippen LogP contribution in [0.15, 0.2) is 0 Å². The van der Waals surface area contributed by atoms with Gasteiger partial charge in [0, 0.05) is 18.7 Å². The van der Waals surface area contributed by atoms with Gasteiger partial charge in [-0.15, -0.1) is 0 Å². The van der Waals surface area contributed by atoms with Gasteiger partial charge in [-0.25, -0.2) is 0 Å². The van der Waals surface area contributed by atoms with Gasteiger partial charge in [0.2, 0.25) is 0 Å². The topological polar surface area (TPSA) is 35.5 Å². The second-order valence-electron chi connectivity index (χ2n) is 5.93. The Morgan fingerprint density at radius 2 is 2.12 bits per heavy atom. The van der Waals surface area contributed by atoms with Gasteiger partial charge in [-0.3, -0.25) is 0 Å². The maximum atomic E-state index is 8.75. The van der Waals surface area contributed by atoms with Gasteiger partial charge >= 0.3 is 0 Å². The first-order valence-corrected chi connectivity index (χ1v) is 7.10. The second-order valence-corrected chi connectivity index (χ2v) is 5.93. The first kappa shape index (κ1) is 14.9. The summed E-state index contributed by atoms with van der Waals surface area (Å²) in [5.41, 5.74) is 0.358. The van der Waals surface area contributed by atoms with Crippen LogP contribution in [0, 0.1) is 5.92 Å². The van der Waals surface area contributed by atoms with Crippen LogP contribution >= 0.6 is 0 Å². The number of rotatable bonds is 7. The van der Waals surface area contributed by atoms with E-state index in [0.717, 1.165) is 31.8 Å².